The molecule has 0 bridgehead atoms. The van der Waals surface area contributed by atoms with Crippen molar-refractivity contribution in [2.24, 2.45) is 0 Å². The molecule has 0 aliphatic heterocycles. The van der Waals surface area contributed by atoms with Crippen LogP contribution in [0.25, 0.3) is 0 Å². The van der Waals surface area contributed by atoms with Gasteiger partial charge >= 0.3 is 0 Å². The average molecular weight is 379 g/mol. The van der Waals surface area contributed by atoms with E-state index in [4.69, 9.17) is 36.0 Å². The minimum Gasteiger partial charge on any atom is -0.331 e. The van der Waals surface area contributed by atoms with Gasteiger partial charge in [-0.2, -0.15) is 0 Å². The number of hydrogen-bond donors (Lipinski definition) is 4. The lowest BCUT2D eigenvalue weighted by molar-refractivity contribution is 0.885. The molecular formula is C17H19ClN4S2. The maximum absolute atomic E-state index is 6.09. The van der Waals surface area contributed by atoms with Gasteiger partial charge in [0.05, 0.1) is 0 Å². The minimum atomic E-state index is 0.395. The first-order valence-electron chi connectivity index (χ1n) is 7.47. The van der Waals surface area contributed by atoms with Crippen LogP contribution < -0.4 is 21.5 Å². The van der Waals surface area contributed by atoms with Gasteiger partial charge in [-0.05, 0) is 73.2 Å². The molecule has 4 nitrogen and oxygen atoms in total. The van der Waals surface area contributed by atoms with E-state index in [0.717, 1.165) is 23.4 Å². The summed E-state index contributed by atoms with van der Waals surface area (Å²) in [4.78, 5) is 0. The Hall–Kier alpha value is -1.89. The molecule has 0 saturated carbocycles. The van der Waals surface area contributed by atoms with E-state index in [2.05, 4.69) is 40.5 Å². The van der Waals surface area contributed by atoms with Crippen molar-refractivity contribution in [1.82, 2.24) is 10.9 Å². The smallest absolute Gasteiger partial charge is 0.189 e. The molecule has 0 unspecified atom stereocenters. The fourth-order valence-electron chi connectivity index (χ4n) is 2.04. The first-order chi connectivity index (χ1) is 11.5. The molecule has 2 aromatic carbocycles. The zero-order valence-corrected chi connectivity index (χ0v) is 15.8. The first kappa shape index (κ1) is 18.4. The molecule has 24 heavy (non-hydrogen) atoms. The van der Waals surface area contributed by atoms with Gasteiger partial charge in [0.1, 0.15) is 0 Å². The molecule has 0 atom stereocenters. The number of anilines is 2. The summed E-state index contributed by atoms with van der Waals surface area (Å²) < 4.78 is 0. The zero-order chi connectivity index (χ0) is 17.5. The lowest BCUT2D eigenvalue weighted by atomic mass is 10.1. The maximum atomic E-state index is 6.09. The number of benzene rings is 2. The molecule has 0 spiro atoms. The van der Waals surface area contributed by atoms with E-state index in [1.165, 1.54) is 5.56 Å². The third-order valence-corrected chi connectivity index (χ3v) is 4.22. The predicted octanol–water partition coefficient (Wildman–Crippen LogP) is 4.40. The number of hydrogen-bond acceptors (Lipinski definition) is 2. The summed E-state index contributed by atoms with van der Waals surface area (Å²) in [6, 6.07) is 13.7. The molecule has 0 amide bonds. The van der Waals surface area contributed by atoms with Crippen LogP contribution in [-0.4, -0.2) is 10.2 Å². The van der Waals surface area contributed by atoms with Gasteiger partial charge < -0.3 is 10.6 Å². The Morgan fingerprint density at radius 3 is 2.38 bits per heavy atom. The van der Waals surface area contributed by atoms with Crippen LogP contribution in [0, 0.1) is 6.92 Å². The van der Waals surface area contributed by atoms with Crippen LogP contribution in [0.4, 0.5) is 11.4 Å². The Morgan fingerprint density at radius 2 is 1.67 bits per heavy atom. The van der Waals surface area contributed by atoms with Crippen LogP contribution >= 0.6 is 36.0 Å². The number of nitrogens with one attached hydrogen (secondary N) is 4. The third-order valence-electron chi connectivity index (χ3n) is 3.40. The number of thiocarbonyl (C=S) groups is 2. The molecule has 4 N–H and O–H groups in total. The van der Waals surface area contributed by atoms with Crippen molar-refractivity contribution in [3.05, 3.63) is 58.6 Å². The summed E-state index contributed by atoms with van der Waals surface area (Å²) in [6.45, 7) is 4.03. The molecule has 0 aliphatic carbocycles. The minimum absolute atomic E-state index is 0.395. The highest BCUT2D eigenvalue weighted by Gasteiger charge is 2.04. The van der Waals surface area contributed by atoms with E-state index in [-0.39, 0.29) is 0 Å². The highest BCUT2D eigenvalue weighted by Crippen LogP contribution is 2.22. The molecule has 0 aromatic heterocycles. The van der Waals surface area contributed by atoms with Gasteiger partial charge in [0, 0.05) is 16.4 Å². The largest absolute Gasteiger partial charge is 0.331 e. The van der Waals surface area contributed by atoms with Crippen molar-refractivity contribution < 1.29 is 0 Å². The monoisotopic (exact) mass is 378 g/mol. The first-order valence-corrected chi connectivity index (χ1v) is 8.67. The van der Waals surface area contributed by atoms with Crippen molar-refractivity contribution in [1.29, 1.82) is 0 Å². The van der Waals surface area contributed by atoms with Crippen LogP contribution in [-0.2, 0) is 6.42 Å². The summed E-state index contributed by atoms with van der Waals surface area (Å²) in [5, 5.41) is 7.69. The molecule has 2 aromatic rings. The summed E-state index contributed by atoms with van der Waals surface area (Å²) in [5.41, 5.74) is 9.65. The van der Waals surface area contributed by atoms with Crippen molar-refractivity contribution in [3.63, 3.8) is 0 Å². The van der Waals surface area contributed by atoms with Crippen molar-refractivity contribution in [2.45, 2.75) is 20.3 Å². The Bertz CT molecular complexity index is 749. The number of rotatable bonds is 3. The van der Waals surface area contributed by atoms with Crippen LogP contribution in [0.3, 0.4) is 0 Å². The quantitative estimate of drug-likeness (QED) is 0.469. The van der Waals surface area contributed by atoms with Gasteiger partial charge in [-0.1, -0.05) is 36.7 Å². The average Bonchev–Trinajstić information content (AvgIpc) is 2.57. The fourth-order valence-corrected chi connectivity index (χ4v) is 2.55. The molecule has 0 saturated heterocycles. The summed E-state index contributed by atoms with van der Waals surface area (Å²) in [5.74, 6) is 0. The lowest BCUT2D eigenvalue weighted by Gasteiger charge is -2.16. The van der Waals surface area contributed by atoms with Gasteiger partial charge in [0.25, 0.3) is 0 Å². The topological polar surface area (TPSA) is 48.1 Å². The van der Waals surface area contributed by atoms with Gasteiger partial charge in [0.2, 0.25) is 0 Å². The predicted molar refractivity (Wildman–Crippen MR) is 111 cm³/mol. The second-order valence-corrected chi connectivity index (χ2v) is 6.35. The normalized spacial score (nSPS) is 9.96. The second-order valence-electron chi connectivity index (χ2n) is 5.12. The molecule has 2 rings (SSSR count). The van der Waals surface area contributed by atoms with Crippen LogP contribution in [0.15, 0.2) is 42.5 Å². The SMILES string of the molecule is CCc1cccc(NC(=S)NNC(=S)Nc2cccc(Cl)c2C)c1. The highest BCUT2D eigenvalue weighted by atomic mass is 35.5. The summed E-state index contributed by atoms with van der Waals surface area (Å²) in [6.07, 6.45) is 0.973. The van der Waals surface area contributed by atoms with Gasteiger partial charge in [-0.3, -0.25) is 10.9 Å². The van der Waals surface area contributed by atoms with Crippen LogP contribution in [0.2, 0.25) is 5.02 Å². The molecule has 0 radical (unpaired) electrons. The standard InChI is InChI=1S/C17H19ClN4S2/c1-3-12-6-4-7-13(10-12)19-16(23)21-22-17(24)20-15-9-5-8-14(18)11(15)2/h4-10H,3H2,1-2H3,(H2,19,21,23)(H2,20,22,24). The van der Waals surface area contributed by atoms with E-state index < -0.39 is 0 Å². The van der Waals surface area contributed by atoms with Gasteiger partial charge in [-0.15, -0.1) is 0 Å². The lowest BCUT2D eigenvalue weighted by Crippen LogP contribution is -2.45. The van der Waals surface area contributed by atoms with E-state index in [0.29, 0.717) is 15.2 Å². The molecule has 7 heteroatoms. The molecule has 0 aliphatic rings. The molecule has 0 heterocycles. The van der Waals surface area contributed by atoms with Gasteiger partial charge in [-0.25, -0.2) is 0 Å². The van der Waals surface area contributed by atoms with E-state index in [1.54, 1.807) is 0 Å². The van der Waals surface area contributed by atoms with Gasteiger partial charge in [0.15, 0.2) is 10.2 Å². The van der Waals surface area contributed by atoms with E-state index in [9.17, 15) is 0 Å². The Balaban J connectivity index is 1.84. The Morgan fingerprint density at radius 1 is 1.00 bits per heavy atom. The summed E-state index contributed by atoms with van der Waals surface area (Å²) in [7, 11) is 0. The Kier molecular flexibility index (Phi) is 6.78. The van der Waals surface area contributed by atoms with Crippen molar-refractivity contribution in [2.75, 3.05) is 10.6 Å². The molecule has 126 valence electrons. The number of halogens is 1. The maximum Gasteiger partial charge on any atom is 0.189 e. The van der Waals surface area contributed by atoms with E-state index >= 15 is 0 Å². The Labute approximate surface area is 158 Å². The second kappa shape index (κ2) is 8.82. The van der Waals surface area contributed by atoms with Crippen LogP contribution in [0.1, 0.15) is 18.1 Å². The summed E-state index contributed by atoms with van der Waals surface area (Å²) >= 11 is 16.6. The van der Waals surface area contributed by atoms with E-state index in [1.807, 2.05) is 37.3 Å². The molecular weight excluding hydrogens is 360 g/mol. The number of aryl methyl sites for hydroxylation is 1. The highest BCUT2D eigenvalue weighted by molar-refractivity contribution is 7.81. The third kappa shape index (κ3) is 5.33. The number of hydrazine groups is 1. The zero-order valence-electron chi connectivity index (χ0n) is 13.4. The fraction of sp³-hybridized carbons (Fsp3) is 0.176. The van der Waals surface area contributed by atoms with Crippen LogP contribution in [0.5, 0.6) is 0 Å². The molecule has 0 fully saturated rings. The van der Waals surface area contributed by atoms with Crippen molar-refractivity contribution in [3.8, 4) is 0 Å². The van der Waals surface area contributed by atoms with Crippen molar-refractivity contribution >= 4 is 57.6 Å².